The maximum atomic E-state index is 11.2. The van der Waals surface area contributed by atoms with Gasteiger partial charge in [0.05, 0.1) is 12.0 Å². The fraction of sp³-hybridized carbons (Fsp3) is 0.125. The quantitative estimate of drug-likeness (QED) is 0.762. The zero-order chi connectivity index (χ0) is 12.5. The van der Waals surface area contributed by atoms with E-state index in [0.29, 0.717) is 11.4 Å². The Hall–Kier alpha value is -1.67. The average molecular weight is 275 g/mol. The zero-order valence-electron chi connectivity index (χ0n) is 8.61. The molecule has 0 unspecified atom stereocenters. The molecule has 0 aliphatic heterocycles. The number of ether oxygens (including phenoxy) is 1. The van der Waals surface area contributed by atoms with Crippen LogP contribution >= 0.6 is 10.7 Å². The SMILES string of the molecule is COc1ccc(S(=O)(=O)Cl)cc1-n1cnnn1. The highest BCUT2D eigenvalue weighted by Gasteiger charge is 2.15. The lowest BCUT2D eigenvalue weighted by molar-refractivity contribution is 0.411. The lowest BCUT2D eigenvalue weighted by Crippen LogP contribution is -2.01. The Kier molecular flexibility index (Phi) is 2.99. The van der Waals surface area contributed by atoms with Crippen LogP contribution in [-0.4, -0.2) is 35.7 Å². The van der Waals surface area contributed by atoms with E-state index < -0.39 is 9.05 Å². The second-order valence-corrected chi connectivity index (χ2v) is 5.59. The molecule has 0 bridgehead atoms. The van der Waals surface area contributed by atoms with Crippen molar-refractivity contribution in [2.75, 3.05) is 7.11 Å². The van der Waals surface area contributed by atoms with E-state index in [0.717, 1.165) is 0 Å². The van der Waals surface area contributed by atoms with Gasteiger partial charge in [0, 0.05) is 10.7 Å². The summed E-state index contributed by atoms with van der Waals surface area (Å²) in [5.41, 5.74) is 0.388. The van der Waals surface area contributed by atoms with Crippen molar-refractivity contribution in [1.29, 1.82) is 0 Å². The largest absolute Gasteiger partial charge is 0.494 e. The normalized spacial score (nSPS) is 11.4. The Labute approximate surface area is 101 Å². The van der Waals surface area contributed by atoms with Crippen molar-refractivity contribution >= 4 is 19.7 Å². The van der Waals surface area contributed by atoms with Crippen molar-refractivity contribution in [2.45, 2.75) is 4.90 Å². The molecule has 0 N–H and O–H groups in total. The number of benzene rings is 1. The predicted octanol–water partition coefficient (Wildman–Crippen LogP) is 0.598. The maximum absolute atomic E-state index is 11.2. The summed E-state index contributed by atoms with van der Waals surface area (Å²) in [6, 6.07) is 4.15. The van der Waals surface area contributed by atoms with Crippen LogP contribution in [0, 0.1) is 0 Å². The summed E-state index contributed by atoms with van der Waals surface area (Å²) >= 11 is 0. The monoisotopic (exact) mass is 274 g/mol. The van der Waals surface area contributed by atoms with Crippen LogP contribution in [0.3, 0.4) is 0 Å². The van der Waals surface area contributed by atoms with Gasteiger partial charge in [-0.05, 0) is 28.6 Å². The first-order valence-corrected chi connectivity index (χ1v) is 6.69. The van der Waals surface area contributed by atoms with E-state index in [1.165, 1.54) is 36.3 Å². The average Bonchev–Trinajstić information content (AvgIpc) is 2.80. The number of tetrazole rings is 1. The van der Waals surface area contributed by atoms with Gasteiger partial charge < -0.3 is 4.74 Å². The number of halogens is 1. The van der Waals surface area contributed by atoms with Gasteiger partial charge in [0.1, 0.15) is 17.8 Å². The molecule has 0 radical (unpaired) electrons. The molecule has 0 spiro atoms. The summed E-state index contributed by atoms with van der Waals surface area (Å²) in [4.78, 5) is -0.0505. The highest BCUT2D eigenvalue weighted by molar-refractivity contribution is 8.13. The molecule has 0 amide bonds. The molecule has 1 aromatic carbocycles. The van der Waals surface area contributed by atoms with Gasteiger partial charge in [0.2, 0.25) is 0 Å². The molecule has 1 aromatic heterocycles. The summed E-state index contributed by atoms with van der Waals surface area (Å²) in [5.74, 6) is 0.432. The Morgan fingerprint density at radius 2 is 2.18 bits per heavy atom. The van der Waals surface area contributed by atoms with E-state index in [-0.39, 0.29) is 4.90 Å². The first-order valence-electron chi connectivity index (χ1n) is 4.38. The fourth-order valence-electron chi connectivity index (χ4n) is 1.27. The third-order valence-electron chi connectivity index (χ3n) is 2.03. The minimum absolute atomic E-state index is 0.0505. The van der Waals surface area contributed by atoms with Crippen LogP contribution in [-0.2, 0) is 9.05 Å². The van der Waals surface area contributed by atoms with Crippen LogP contribution in [0.4, 0.5) is 0 Å². The van der Waals surface area contributed by atoms with Gasteiger partial charge in [-0.1, -0.05) is 0 Å². The molecule has 9 heteroatoms. The lowest BCUT2D eigenvalue weighted by Gasteiger charge is -2.08. The van der Waals surface area contributed by atoms with Crippen LogP contribution in [0.25, 0.3) is 5.69 Å². The Bertz CT molecular complexity index is 626. The first kappa shape index (κ1) is 11.8. The minimum atomic E-state index is -3.81. The van der Waals surface area contributed by atoms with E-state index >= 15 is 0 Å². The number of hydrogen-bond acceptors (Lipinski definition) is 6. The molecule has 0 fully saturated rings. The van der Waals surface area contributed by atoms with Crippen molar-refractivity contribution in [3.63, 3.8) is 0 Å². The second kappa shape index (κ2) is 4.30. The second-order valence-electron chi connectivity index (χ2n) is 3.03. The number of hydrogen-bond donors (Lipinski definition) is 0. The van der Waals surface area contributed by atoms with Crippen LogP contribution in [0.2, 0.25) is 0 Å². The van der Waals surface area contributed by atoms with E-state index in [1.54, 1.807) is 0 Å². The van der Waals surface area contributed by atoms with Crippen molar-refractivity contribution < 1.29 is 13.2 Å². The summed E-state index contributed by atoms with van der Waals surface area (Å²) in [7, 11) is 2.91. The predicted molar refractivity (Wildman–Crippen MR) is 58.7 cm³/mol. The molecule has 0 aliphatic rings. The van der Waals surface area contributed by atoms with E-state index in [9.17, 15) is 8.42 Å². The van der Waals surface area contributed by atoms with E-state index in [2.05, 4.69) is 15.5 Å². The first-order chi connectivity index (χ1) is 8.02. The van der Waals surface area contributed by atoms with Gasteiger partial charge in [-0.15, -0.1) is 5.10 Å². The van der Waals surface area contributed by atoms with Gasteiger partial charge >= 0.3 is 0 Å². The minimum Gasteiger partial charge on any atom is -0.494 e. The van der Waals surface area contributed by atoms with Crippen molar-refractivity contribution in [3.8, 4) is 11.4 Å². The molecule has 2 aromatic rings. The van der Waals surface area contributed by atoms with Gasteiger partial charge in [0.15, 0.2) is 0 Å². The van der Waals surface area contributed by atoms with Gasteiger partial charge in [0.25, 0.3) is 9.05 Å². The van der Waals surface area contributed by atoms with Crippen LogP contribution in [0.1, 0.15) is 0 Å². The highest BCUT2D eigenvalue weighted by Crippen LogP contribution is 2.26. The van der Waals surface area contributed by atoms with Gasteiger partial charge in [-0.25, -0.2) is 8.42 Å². The topological polar surface area (TPSA) is 87.0 Å². The van der Waals surface area contributed by atoms with Gasteiger partial charge in [-0.2, -0.15) is 4.68 Å². The number of nitrogens with zero attached hydrogens (tertiary/aromatic N) is 4. The van der Waals surface area contributed by atoms with Crippen molar-refractivity contribution in [1.82, 2.24) is 20.2 Å². The molecular weight excluding hydrogens is 268 g/mol. The summed E-state index contributed by atoms with van der Waals surface area (Å²) in [6.45, 7) is 0. The molecule has 0 saturated carbocycles. The summed E-state index contributed by atoms with van der Waals surface area (Å²) < 4.78 is 28.8. The van der Waals surface area contributed by atoms with Gasteiger partial charge in [-0.3, -0.25) is 0 Å². The highest BCUT2D eigenvalue weighted by atomic mass is 35.7. The zero-order valence-corrected chi connectivity index (χ0v) is 10.2. The van der Waals surface area contributed by atoms with Crippen molar-refractivity contribution in [2.24, 2.45) is 0 Å². The standard InChI is InChI=1S/C8H7ClN4O3S/c1-16-8-3-2-6(17(9,14)15)4-7(8)13-5-10-11-12-13/h2-5H,1H3. The smallest absolute Gasteiger partial charge is 0.261 e. The van der Waals surface area contributed by atoms with Crippen LogP contribution in [0.5, 0.6) is 5.75 Å². The molecule has 0 atom stereocenters. The summed E-state index contributed by atoms with van der Waals surface area (Å²) in [6.07, 6.45) is 1.32. The number of methoxy groups -OCH3 is 1. The van der Waals surface area contributed by atoms with E-state index in [1.807, 2.05) is 0 Å². The van der Waals surface area contributed by atoms with Crippen LogP contribution < -0.4 is 4.74 Å². The lowest BCUT2D eigenvalue weighted by atomic mass is 10.3. The van der Waals surface area contributed by atoms with Crippen LogP contribution in [0.15, 0.2) is 29.4 Å². The number of aromatic nitrogens is 4. The molecule has 0 aliphatic carbocycles. The van der Waals surface area contributed by atoms with Crippen molar-refractivity contribution in [3.05, 3.63) is 24.5 Å². The molecule has 17 heavy (non-hydrogen) atoms. The molecular formula is C8H7ClN4O3S. The Morgan fingerprint density at radius 1 is 1.41 bits per heavy atom. The third kappa shape index (κ3) is 2.37. The molecule has 2 rings (SSSR count). The third-order valence-corrected chi connectivity index (χ3v) is 3.38. The van der Waals surface area contributed by atoms with E-state index in [4.69, 9.17) is 15.4 Å². The Balaban J connectivity index is 2.63. The molecule has 7 nitrogen and oxygen atoms in total. The number of rotatable bonds is 3. The molecule has 90 valence electrons. The summed E-state index contributed by atoms with van der Waals surface area (Å²) in [5, 5.41) is 10.6. The maximum Gasteiger partial charge on any atom is 0.261 e. The molecule has 1 heterocycles. The molecule has 0 saturated heterocycles. The Morgan fingerprint density at radius 3 is 2.71 bits per heavy atom. The fourth-order valence-corrected chi connectivity index (χ4v) is 2.04.